The molecule has 0 saturated carbocycles. The Hall–Kier alpha value is -0.920. The van der Waals surface area contributed by atoms with E-state index in [0.29, 0.717) is 5.56 Å². The molecule has 1 heterocycles. The zero-order valence-electron chi connectivity index (χ0n) is 7.44. The summed E-state index contributed by atoms with van der Waals surface area (Å²) in [7, 11) is 0. The number of halogens is 1. The van der Waals surface area contributed by atoms with Crippen LogP contribution < -0.4 is 5.32 Å². The first-order valence-corrected chi connectivity index (χ1v) is 5.60. The largest absolute Gasteiger partial charge is 0.480 e. The van der Waals surface area contributed by atoms with Crippen molar-refractivity contribution in [3.05, 3.63) is 20.8 Å². The zero-order valence-corrected chi connectivity index (χ0v) is 9.84. The van der Waals surface area contributed by atoms with E-state index in [1.165, 1.54) is 11.3 Å². The van der Waals surface area contributed by atoms with E-state index in [0.717, 1.165) is 3.79 Å². The fourth-order valence-electron chi connectivity index (χ4n) is 0.856. The molecule has 0 radical (unpaired) electrons. The van der Waals surface area contributed by atoms with Crippen LogP contribution in [0.2, 0.25) is 0 Å². The minimum absolute atomic E-state index is 0.367. The number of carboxylic acid groups (broad SMARTS) is 1. The molecule has 0 bridgehead atoms. The molecule has 0 saturated heterocycles. The van der Waals surface area contributed by atoms with Gasteiger partial charge in [-0.1, -0.05) is 0 Å². The Bertz CT molecular complexity index is 378. The van der Waals surface area contributed by atoms with Crippen LogP contribution in [0.25, 0.3) is 0 Å². The highest BCUT2D eigenvalue weighted by Gasteiger charge is 2.19. The van der Waals surface area contributed by atoms with Crippen molar-refractivity contribution >= 4 is 39.1 Å². The molecule has 3 N–H and O–H groups in total. The maximum Gasteiger partial charge on any atom is 0.328 e. The third-order valence-electron chi connectivity index (χ3n) is 1.62. The summed E-state index contributed by atoms with van der Waals surface area (Å²) in [6, 6.07) is 0.312. The van der Waals surface area contributed by atoms with Crippen LogP contribution in [0.4, 0.5) is 0 Å². The Morgan fingerprint density at radius 3 is 2.67 bits per heavy atom. The summed E-state index contributed by atoms with van der Waals surface area (Å²) in [6.45, 7) is -0.633. The number of aliphatic hydroxyl groups excluding tert-OH is 1. The summed E-state index contributed by atoms with van der Waals surface area (Å²) >= 11 is 4.51. The first-order chi connectivity index (χ1) is 7.04. The van der Waals surface area contributed by atoms with Crippen LogP contribution in [0, 0.1) is 0 Å². The molecule has 15 heavy (non-hydrogen) atoms. The van der Waals surface area contributed by atoms with Gasteiger partial charge in [-0.05, 0) is 22.0 Å². The Morgan fingerprint density at radius 1 is 1.60 bits per heavy atom. The second-order valence-electron chi connectivity index (χ2n) is 2.69. The van der Waals surface area contributed by atoms with Crippen LogP contribution in [-0.4, -0.2) is 34.7 Å². The fourth-order valence-corrected chi connectivity index (χ4v) is 1.99. The highest BCUT2D eigenvalue weighted by molar-refractivity contribution is 9.11. The Labute approximate surface area is 97.9 Å². The van der Waals surface area contributed by atoms with Crippen molar-refractivity contribution in [1.82, 2.24) is 5.32 Å². The van der Waals surface area contributed by atoms with Gasteiger partial charge in [0.05, 0.1) is 16.0 Å². The second kappa shape index (κ2) is 5.24. The first-order valence-electron chi connectivity index (χ1n) is 3.93. The number of carboxylic acids is 1. The van der Waals surface area contributed by atoms with Crippen molar-refractivity contribution in [1.29, 1.82) is 0 Å². The van der Waals surface area contributed by atoms with Crippen molar-refractivity contribution in [2.24, 2.45) is 0 Å². The minimum Gasteiger partial charge on any atom is -0.480 e. The standard InChI is InChI=1S/C8H8BrNO4S/c9-6-1-4(3-15-6)7(12)10-5(2-11)8(13)14/h1,3,5,11H,2H2,(H,10,12)(H,13,14). The van der Waals surface area contributed by atoms with Crippen LogP contribution in [0.1, 0.15) is 10.4 Å². The number of rotatable bonds is 4. The molecule has 0 aliphatic heterocycles. The van der Waals surface area contributed by atoms with E-state index in [9.17, 15) is 9.59 Å². The molecule has 0 spiro atoms. The van der Waals surface area contributed by atoms with E-state index >= 15 is 0 Å². The van der Waals surface area contributed by atoms with E-state index in [2.05, 4.69) is 21.2 Å². The average Bonchev–Trinajstić information content (AvgIpc) is 2.60. The van der Waals surface area contributed by atoms with Gasteiger partial charge in [-0.3, -0.25) is 4.79 Å². The summed E-state index contributed by atoms with van der Waals surface area (Å²) < 4.78 is 0.781. The van der Waals surface area contributed by atoms with E-state index < -0.39 is 24.5 Å². The summed E-state index contributed by atoms with van der Waals surface area (Å²) in [5, 5.41) is 21.1. The predicted molar refractivity (Wildman–Crippen MR) is 58.0 cm³/mol. The van der Waals surface area contributed by atoms with Crippen LogP contribution >= 0.6 is 27.3 Å². The van der Waals surface area contributed by atoms with Gasteiger partial charge in [-0.2, -0.15) is 0 Å². The van der Waals surface area contributed by atoms with Crippen LogP contribution in [-0.2, 0) is 4.79 Å². The summed E-state index contributed by atoms with van der Waals surface area (Å²) in [6.07, 6.45) is 0. The molecule has 0 fully saturated rings. The van der Waals surface area contributed by atoms with Crippen LogP contribution in [0.3, 0.4) is 0 Å². The number of hydrogen-bond acceptors (Lipinski definition) is 4. The van der Waals surface area contributed by atoms with Gasteiger partial charge in [-0.15, -0.1) is 11.3 Å². The number of carbonyl (C=O) groups is 2. The van der Waals surface area contributed by atoms with Crippen molar-refractivity contribution in [3.63, 3.8) is 0 Å². The number of thiophene rings is 1. The molecule has 1 atom stereocenters. The molecule has 1 aromatic rings. The van der Waals surface area contributed by atoms with Crippen molar-refractivity contribution in [3.8, 4) is 0 Å². The number of aliphatic carboxylic acids is 1. The highest BCUT2D eigenvalue weighted by atomic mass is 79.9. The number of hydrogen-bond donors (Lipinski definition) is 3. The molecule has 82 valence electrons. The van der Waals surface area contributed by atoms with Crippen molar-refractivity contribution in [2.45, 2.75) is 6.04 Å². The third-order valence-corrected chi connectivity index (χ3v) is 3.12. The summed E-state index contributed by atoms with van der Waals surface area (Å²) in [4.78, 5) is 22.0. The summed E-state index contributed by atoms with van der Waals surface area (Å²) in [5.74, 6) is -1.78. The zero-order chi connectivity index (χ0) is 11.4. The third kappa shape index (κ3) is 3.29. The normalized spacial score (nSPS) is 12.1. The van der Waals surface area contributed by atoms with E-state index in [4.69, 9.17) is 10.2 Å². The van der Waals surface area contributed by atoms with Gasteiger partial charge >= 0.3 is 5.97 Å². The fraction of sp³-hybridized carbons (Fsp3) is 0.250. The predicted octanol–water partition coefficient (Wildman–Crippen LogP) is 0.686. The van der Waals surface area contributed by atoms with Gasteiger partial charge in [-0.25, -0.2) is 4.79 Å². The van der Waals surface area contributed by atoms with Gasteiger partial charge in [0.15, 0.2) is 6.04 Å². The van der Waals surface area contributed by atoms with E-state index in [1.807, 2.05) is 0 Å². The molecular weight excluding hydrogens is 286 g/mol. The quantitative estimate of drug-likeness (QED) is 0.762. The molecule has 1 aromatic heterocycles. The lowest BCUT2D eigenvalue weighted by Gasteiger charge is -2.10. The molecule has 0 aliphatic carbocycles. The van der Waals surface area contributed by atoms with Gasteiger partial charge in [0.1, 0.15) is 0 Å². The lowest BCUT2D eigenvalue weighted by molar-refractivity contribution is -0.140. The van der Waals surface area contributed by atoms with Crippen LogP contribution in [0.5, 0.6) is 0 Å². The topological polar surface area (TPSA) is 86.6 Å². The molecule has 1 rings (SSSR count). The van der Waals surface area contributed by atoms with Gasteiger partial charge in [0.2, 0.25) is 0 Å². The second-order valence-corrected chi connectivity index (χ2v) is 4.98. The highest BCUT2D eigenvalue weighted by Crippen LogP contribution is 2.20. The Morgan fingerprint density at radius 2 is 2.27 bits per heavy atom. The van der Waals surface area contributed by atoms with Crippen molar-refractivity contribution in [2.75, 3.05) is 6.61 Å². The molecular formula is C8H8BrNO4S. The maximum atomic E-state index is 11.4. The molecule has 1 amide bonds. The molecule has 0 aliphatic rings. The monoisotopic (exact) mass is 293 g/mol. The van der Waals surface area contributed by atoms with E-state index in [1.54, 1.807) is 11.4 Å². The first kappa shape index (κ1) is 12.2. The lowest BCUT2D eigenvalue weighted by atomic mass is 10.2. The number of carbonyl (C=O) groups excluding carboxylic acids is 1. The number of aliphatic hydroxyl groups is 1. The van der Waals surface area contributed by atoms with Gasteiger partial charge in [0, 0.05) is 5.38 Å². The molecule has 5 nitrogen and oxygen atoms in total. The van der Waals surface area contributed by atoms with Gasteiger partial charge in [0.25, 0.3) is 5.91 Å². The lowest BCUT2D eigenvalue weighted by Crippen LogP contribution is -2.43. The number of amides is 1. The van der Waals surface area contributed by atoms with E-state index in [-0.39, 0.29) is 0 Å². The summed E-state index contributed by atoms with van der Waals surface area (Å²) in [5.41, 5.74) is 0.367. The van der Waals surface area contributed by atoms with Gasteiger partial charge < -0.3 is 15.5 Å². The van der Waals surface area contributed by atoms with Crippen LogP contribution in [0.15, 0.2) is 15.2 Å². The average molecular weight is 294 g/mol. The smallest absolute Gasteiger partial charge is 0.328 e. The Kier molecular flexibility index (Phi) is 4.25. The number of nitrogens with one attached hydrogen (secondary N) is 1. The molecule has 0 aromatic carbocycles. The molecule has 7 heteroatoms. The minimum atomic E-state index is -1.27. The molecule has 1 unspecified atom stereocenters. The SMILES string of the molecule is O=C(NC(CO)C(=O)O)c1csc(Br)c1. The maximum absolute atomic E-state index is 11.4. The van der Waals surface area contributed by atoms with Crippen molar-refractivity contribution < 1.29 is 19.8 Å². The Balaban J connectivity index is 2.66.